The van der Waals surface area contributed by atoms with Crippen LogP contribution in [0.15, 0.2) is 109 Å². The van der Waals surface area contributed by atoms with E-state index >= 15 is 0 Å². The molecule has 2 unspecified atom stereocenters. The number of nitrogens with one attached hydrogen (secondary N) is 2. The largest absolute Gasteiger partial charge is 0.360 e. The highest BCUT2D eigenvalue weighted by Crippen LogP contribution is 2.31. The quantitative estimate of drug-likeness (QED) is 0.355. The van der Waals surface area contributed by atoms with Crippen LogP contribution in [0.2, 0.25) is 0 Å². The molecule has 0 aliphatic carbocycles. The minimum absolute atomic E-state index is 0.389. The Labute approximate surface area is 195 Å². The molecule has 0 amide bonds. The van der Waals surface area contributed by atoms with Gasteiger partial charge in [-0.05, 0) is 48.5 Å². The fourth-order valence-electron chi connectivity index (χ4n) is 4.14. The Kier molecular flexibility index (Phi) is 5.08. The molecular weight excluding hydrogens is 424 g/mol. The molecule has 166 valence electrons. The summed E-state index contributed by atoms with van der Waals surface area (Å²) in [5, 5.41) is 25.2. The van der Waals surface area contributed by atoms with Crippen molar-refractivity contribution < 1.29 is 0 Å². The van der Waals surface area contributed by atoms with E-state index in [1.54, 1.807) is 0 Å². The van der Waals surface area contributed by atoms with E-state index in [0.29, 0.717) is 0 Å². The third-order valence-corrected chi connectivity index (χ3v) is 5.76. The van der Waals surface area contributed by atoms with Crippen molar-refractivity contribution in [1.29, 1.82) is 0 Å². The lowest BCUT2D eigenvalue weighted by atomic mass is 10.2. The average Bonchev–Trinajstić information content (AvgIpc) is 3.52. The Morgan fingerprint density at radius 3 is 1.29 bits per heavy atom. The molecule has 8 heteroatoms. The van der Waals surface area contributed by atoms with E-state index in [-0.39, 0.29) is 12.3 Å². The van der Waals surface area contributed by atoms with Crippen LogP contribution in [0.25, 0.3) is 22.1 Å². The van der Waals surface area contributed by atoms with Crippen molar-refractivity contribution in [2.75, 3.05) is 10.6 Å². The lowest BCUT2D eigenvalue weighted by Gasteiger charge is -2.31. The molecule has 0 radical (unpaired) electrons. The van der Waals surface area contributed by atoms with Gasteiger partial charge >= 0.3 is 0 Å². The summed E-state index contributed by atoms with van der Waals surface area (Å²) in [7, 11) is 0. The summed E-state index contributed by atoms with van der Waals surface area (Å²) in [6.07, 6.45) is -0.778. The van der Waals surface area contributed by atoms with Crippen LogP contribution in [0.1, 0.15) is 12.3 Å². The molecule has 8 nitrogen and oxygen atoms in total. The molecule has 0 spiro atoms. The topological polar surface area (TPSA) is 85.5 Å². The van der Waals surface area contributed by atoms with Gasteiger partial charge in [-0.2, -0.15) is 0 Å². The third kappa shape index (κ3) is 3.71. The zero-order valence-corrected chi connectivity index (χ0v) is 18.2. The zero-order chi connectivity index (χ0) is 22.7. The lowest BCUT2D eigenvalue weighted by Crippen LogP contribution is -2.35. The molecule has 34 heavy (non-hydrogen) atoms. The van der Waals surface area contributed by atoms with Gasteiger partial charge in [0.05, 0.1) is 11.0 Å². The Hall–Kier alpha value is -4.72. The van der Waals surface area contributed by atoms with Gasteiger partial charge < -0.3 is 10.6 Å². The van der Waals surface area contributed by atoms with Crippen LogP contribution in [0.5, 0.6) is 0 Å². The van der Waals surface area contributed by atoms with Crippen LogP contribution in [-0.4, -0.2) is 30.0 Å². The van der Waals surface area contributed by atoms with E-state index in [4.69, 9.17) is 0 Å². The number of para-hydroxylation sites is 4. The number of fused-ring (bicyclic) bond motifs is 2. The van der Waals surface area contributed by atoms with Crippen LogP contribution in [0.4, 0.5) is 11.4 Å². The van der Waals surface area contributed by atoms with Crippen molar-refractivity contribution in [2.45, 2.75) is 12.3 Å². The maximum atomic E-state index is 4.55. The molecule has 6 aromatic rings. The van der Waals surface area contributed by atoms with Gasteiger partial charge in [0.2, 0.25) is 0 Å². The first-order valence-corrected chi connectivity index (χ1v) is 11.1. The van der Waals surface area contributed by atoms with Gasteiger partial charge in [-0.25, -0.2) is 9.36 Å². The van der Waals surface area contributed by atoms with Crippen molar-refractivity contribution in [1.82, 2.24) is 30.0 Å². The molecule has 0 bridgehead atoms. The monoisotopic (exact) mass is 446 g/mol. The highest BCUT2D eigenvalue weighted by Gasteiger charge is 2.30. The highest BCUT2D eigenvalue weighted by molar-refractivity contribution is 5.75. The molecule has 0 fully saturated rings. The summed E-state index contributed by atoms with van der Waals surface area (Å²) in [5.74, 6) is 0. The van der Waals surface area contributed by atoms with E-state index in [0.717, 1.165) is 33.4 Å². The third-order valence-electron chi connectivity index (χ3n) is 5.76. The summed E-state index contributed by atoms with van der Waals surface area (Å²) in [4.78, 5) is 0. The van der Waals surface area contributed by atoms with Gasteiger partial charge in [-0.3, -0.25) is 0 Å². The second kappa shape index (κ2) is 8.67. The van der Waals surface area contributed by atoms with Gasteiger partial charge in [0.15, 0.2) is 12.3 Å². The van der Waals surface area contributed by atoms with E-state index in [1.807, 2.05) is 119 Å². The van der Waals surface area contributed by atoms with Crippen molar-refractivity contribution in [3.8, 4) is 0 Å². The van der Waals surface area contributed by atoms with E-state index in [9.17, 15) is 0 Å². The van der Waals surface area contributed by atoms with Gasteiger partial charge in [0.25, 0.3) is 0 Å². The fraction of sp³-hybridized carbons (Fsp3) is 0.0769. The van der Waals surface area contributed by atoms with Crippen LogP contribution >= 0.6 is 0 Å². The number of nitrogens with zero attached hydrogens (tertiary/aromatic N) is 6. The predicted molar refractivity (Wildman–Crippen MR) is 133 cm³/mol. The Bertz CT molecular complexity index is 1410. The van der Waals surface area contributed by atoms with Crippen molar-refractivity contribution in [3.05, 3.63) is 109 Å². The van der Waals surface area contributed by atoms with Gasteiger partial charge in [0.1, 0.15) is 11.0 Å². The smallest absolute Gasteiger partial charge is 0.164 e. The first-order valence-electron chi connectivity index (χ1n) is 11.1. The van der Waals surface area contributed by atoms with Crippen LogP contribution in [0.3, 0.4) is 0 Å². The summed E-state index contributed by atoms with van der Waals surface area (Å²) in [5.41, 5.74) is 5.39. The fourth-order valence-corrected chi connectivity index (χ4v) is 4.14. The molecule has 0 saturated carbocycles. The maximum absolute atomic E-state index is 4.55. The molecule has 0 aliphatic rings. The van der Waals surface area contributed by atoms with Crippen molar-refractivity contribution in [2.24, 2.45) is 0 Å². The maximum Gasteiger partial charge on any atom is 0.164 e. The molecule has 6 rings (SSSR count). The highest BCUT2D eigenvalue weighted by atomic mass is 15.5. The molecule has 2 atom stereocenters. The van der Waals surface area contributed by atoms with Gasteiger partial charge in [0, 0.05) is 11.4 Å². The number of hydrogen-bond donors (Lipinski definition) is 2. The van der Waals surface area contributed by atoms with Crippen LogP contribution < -0.4 is 10.6 Å². The summed E-state index contributed by atoms with van der Waals surface area (Å²) < 4.78 is 3.80. The first-order chi connectivity index (χ1) is 16.9. The molecule has 2 aromatic heterocycles. The second-order valence-corrected chi connectivity index (χ2v) is 7.96. The Balaban J connectivity index is 1.54. The molecule has 2 heterocycles. The van der Waals surface area contributed by atoms with Gasteiger partial charge in [-0.1, -0.05) is 71.1 Å². The molecule has 0 aliphatic heterocycles. The molecule has 4 aromatic carbocycles. The van der Waals surface area contributed by atoms with E-state index < -0.39 is 0 Å². The van der Waals surface area contributed by atoms with Crippen LogP contribution in [0, 0.1) is 0 Å². The van der Waals surface area contributed by atoms with E-state index in [2.05, 4.69) is 31.3 Å². The minimum Gasteiger partial charge on any atom is -0.360 e. The standard InChI is InChI=1S/C26H22N8/c1-3-11-19(12-4-1)27-25(33-23-17-9-7-15-21(23)29-31-33)26(28-20-13-5-2-6-14-20)34-24-18-10-8-16-22(24)30-32-34/h1-18,25-28H. The van der Waals surface area contributed by atoms with Gasteiger partial charge in [-0.15, -0.1) is 10.2 Å². The SMILES string of the molecule is c1ccc(NC(C(Nc2ccccc2)n2nnc3ccccc32)n2nnc3ccccc32)cc1. The Morgan fingerprint density at radius 2 is 0.853 bits per heavy atom. The summed E-state index contributed by atoms with van der Waals surface area (Å²) >= 11 is 0. The summed E-state index contributed by atoms with van der Waals surface area (Å²) in [6, 6.07) is 36.0. The minimum atomic E-state index is -0.389. The normalized spacial score (nSPS) is 13.1. The zero-order valence-electron chi connectivity index (χ0n) is 18.2. The number of hydrogen-bond acceptors (Lipinski definition) is 6. The van der Waals surface area contributed by atoms with Crippen molar-refractivity contribution >= 4 is 33.4 Å². The first kappa shape index (κ1) is 19.9. The van der Waals surface area contributed by atoms with Crippen LogP contribution in [-0.2, 0) is 0 Å². The second-order valence-electron chi connectivity index (χ2n) is 7.96. The molecular formula is C26H22N8. The lowest BCUT2D eigenvalue weighted by molar-refractivity contribution is 0.347. The number of aromatic nitrogens is 6. The summed E-state index contributed by atoms with van der Waals surface area (Å²) in [6.45, 7) is 0. The van der Waals surface area contributed by atoms with Crippen molar-refractivity contribution in [3.63, 3.8) is 0 Å². The number of benzene rings is 4. The molecule has 2 N–H and O–H groups in total. The predicted octanol–water partition coefficient (Wildman–Crippen LogP) is 5.10. The number of rotatable bonds is 7. The average molecular weight is 447 g/mol. The van der Waals surface area contributed by atoms with E-state index in [1.165, 1.54) is 0 Å². The Morgan fingerprint density at radius 1 is 0.471 bits per heavy atom. The molecule has 0 saturated heterocycles. The number of anilines is 2.